The van der Waals surface area contributed by atoms with Gasteiger partial charge in [-0.25, -0.2) is 9.67 Å². The molecule has 0 atom stereocenters. The van der Waals surface area contributed by atoms with Gasteiger partial charge in [-0.05, 0) is 49.0 Å². The van der Waals surface area contributed by atoms with Crippen LogP contribution in [-0.2, 0) is 6.54 Å². The lowest BCUT2D eigenvalue weighted by atomic mass is 10.2. The zero-order valence-corrected chi connectivity index (χ0v) is 16.7. The summed E-state index contributed by atoms with van der Waals surface area (Å²) in [4.78, 5) is 4.19. The van der Waals surface area contributed by atoms with Crippen molar-refractivity contribution in [3.63, 3.8) is 0 Å². The average molecular weight is 427 g/mol. The van der Waals surface area contributed by atoms with Crippen LogP contribution in [0.4, 0.5) is 11.6 Å². The van der Waals surface area contributed by atoms with Crippen molar-refractivity contribution in [2.45, 2.75) is 13.5 Å². The first-order valence-corrected chi connectivity index (χ1v) is 9.13. The van der Waals surface area contributed by atoms with E-state index in [0.717, 1.165) is 16.8 Å². The van der Waals surface area contributed by atoms with Gasteiger partial charge in [-0.15, -0.1) is 5.10 Å². The molecule has 3 rings (SSSR count). The van der Waals surface area contributed by atoms with Crippen molar-refractivity contribution >= 4 is 63.8 Å². The van der Waals surface area contributed by atoms with Crippen molar-refractivity contribution in [2.24, 2.45) is 0 Å². The Hall–Kier alpha value is -1.86. The van der Waals surface area contributed by atoms with Crippen molar-refractivity contribution < 1.29 is 0 Å². The lowest BCUT2D eigenvalue weighted by Gasteiger charge is -2.11. The first-order valence-electron chi connectivity index (χ1n) is 7.59. The minimum Gasteiger partial charge on any atom is -0.332 e. The van der Waals surface area contributed by atoms with Crippen LogP contribution in [0.25, 0.3) is 0 Å². The molecule has 0 saturated carbocycles. The molecule has 3 aromatic rings. The van der Waals surface area contributed by atoms with E-state index in [2.05, 4.69) is 20.7 Å². The minimum absolute atomic E-state index is 0.365. The summed E-state index contributed by atoms with van der Waals surface area (Å²) in [6.07, 6.45) is 1.58. The van der Waals surface area contributed by atoms with Crippen molar-refractivity contribution in [2.75, 3.05) is 10.6 Å². The molecule has 0 aliphatic rings. The maximum absolute atomic E-state index is 6.19. The number of anilines is 2. The summed E-state index contributed by atoms with van der Waals surface area (Å²) in [6, 6.07) is 10.9. The molecular weight excluding hydrogens is 413 g/mol. The molecule has 0 radical (unpaired) electrons. The largest absolute Gasteiger partial charge is 0.332 e. The number of hydrogen-bond donors (Lipinski definition) is 2. The maximum atomic E-state index is 6.19. The smallest absolute Gasteiger partial charge is 0.248 e. The monoisotopic (exact) mass is 425 g/mol. The van der Waals surface area contributed by atoms with Gasteiger partial charge in [0.1, 0.15) is 6.33 Å². The van der Waals surface area contributed by atoms with E-state index in [1.165, 1.54) is 0 Å². The van der Waals surface area contributed by atoms with Crippen LogP contribution in [0.2, 0.25) is 15.1 Å². The van der Waals surface area contributed by atoms with Crippen LogP contribution < -0.4 is 10.6 Å². The maximum Gasteiger partial charge on any atom is 0.248 e. The molecule has 2 aromatic carbocycles. The number of nitrogens with zero attached hydrogens (tertiary/aromatic N) is 3. The number of thiocarbonyl (C=S) groups is 1. The van der Waals surface area contributed by atoms with E-state index >= 15 is 0 Å². The van der Waals surface area contributed by atoms with E-state index < -0.39 is 0 Å². The fourth-order valence-corrected chi connectivity index (χ4v) is 3.16. The Morgan fingerprint density at radius 2 is 1.69 bits per heavy atom. The fraction of sp³-hybridized carbons (Fsp3) is 0.118. The zero-order chi connectivity index (χ0) is 18.7. The Morgan fingerprint density at radius 3 is 2.42 bits per heavy atom. The van der Waals surface area contributed by atoms with Crippen molar-refractivity contribution in [3.05, 3.63) is 68.9 Å². The summed E-state index contributed by atoms with van der Waals surface area (Å²) in [5.41, 5.74) is 2.50. The summed E-state index contributed by atoms with van der Waals surface area (Å²) in [7, 11) is 0. The van der Waals surface area contributed by atoms with E-state index in [-0.39, 0.29) is 0 Å². The van der Waals surface area contributed by atoms with Gasteiger partial charge in [-0.3, -0.25) is 5.32 Å². The molecule has 2 N–H and O–H groups in total. The second kappa shape index (κ2) is 8.22. The van der Waals surface area contributed by atoms with Crippen LogP contribution in [0.5, 0.6) is 0 Å². The number of rotatable bonds is 4. The molecule has 0 bridgehead atoms. The lowest BCUT2D eigenvalue weighted by Crippen LogP contribution is -2.20. The van der Waals surface area contributed by atoms with Crippen molar-refractivity contribution in [3.8, 4) is 0 Å². The molecule has 1 heterocycles. The highest BCUT2D eigenvalue weighted by molar-refractivity contribution is 7.80. The predicted molar refractivity (Wildman–Crippen MR) is 112 cm³/mol. The third-order valence-corrected chi connectivity index (χ3v) is 4.98. The van der Waals surface area contributed by atoms with Crippen LogP contribution in [0.15, 0.2) is 42.7 Å². The van der Waals surface area contributed by atoms with Crippen LogP contribution in [0, 0.1) is 6.92 Å². The SMILES string of the molecule is Cc1c(Cl)cccc1NC(=S)Nc1ncn(Cc2c(Cl)cccc2Cl)n1. The number of nitrogens with one attached hydrogen (secondary N) is 2. The van der Waals surface area contributed by atoms with E-state index in [0.29, 0.717) is 32.7 Å². The van der Waals surface area contributed by atoms with Crippen molar-refractivity contribution in [1.29, 1.82) is 0 Å². The molecule has 0 unspecified atom stereocenters. The van der Waals surface area contributed by atoms with Crippen molar-refractivity contribution in [1.82, 2.24) is 14.8 Å². The van der Waals surface area contributed by atoms with Crippen LogP contribution in [0.1, 0.15) is 11.1 Å². The molecule has 0 amide bonds. The van der Waals surface area contributed by atoms with Gasteiger partial charge in [0.15, 0.2) is 5.11 Å². The number of aromatic nitrogens is 3. The first kappa shape index (κ1) is 18.9. The standard InChI is InChI=1S/C17H14Cl3N5S/c1-10-12(18)4-3-7-15(10)22-17(26)23-16-21-9-25(24-16)8-11-13(19)5-2-6-14(11)20/h2-7,9H,8H2,1H3,(H2,22,23,24,26). The quantitative estimate of drug-likeness (QED) is 0.547. The molecule has 5 nitrogen and oxygen atoms in total. The molecule has 1 aromatic heterocycles. The molecule has 9 heteroatoms. The Bertz CT molecular complexity index is 937. The van der Waals surface area contributed by atoms with E-state index in [1.807, 2.05) is 25.1 Å². The third-order valence-electron chi connectivity index (χ3n) is 3.66. The highest BCUT2D eigenvalue weighted by Crippen LogP contribution is 2.25. The van der Waals surface area contributed by atoms with Gasteiger partial charge in [-0.2, -0.15) is 0 Å². The summed E-state index contributed by atoms with van der Waals surface area (Å²) >= 11 is 23.8. The second-order valence-corrected chi connectivity index (χ2v) is 7.09. The molecule has 0 aliphatic heterocycles. The Kier molecular flexibility index (Phi) is 5.98. The summed E-state index contributed by atoms with van der Waals surface area (Å²) in [6.45, 7) is 2.31. The average Bonchev–Trinajstić information content (AvgIpc) is 3.02. The summed E-state index contributed by atoms with van der Waals surface area (Å²) < 4.78 is 1.63. The van der Waals surface area contributed by atoms with Gasteiger partial charge in [0.25, 0.3) is 0 Å². The van der Waals surface area contributed by atoms with Gasteiger partial charge in [0, 0.05) is 26.3 Å². The molecule has 26 heavy (non-hydrogen) atoms. The Morgan fingerprint density at radius 1 is 1.04 bits per heavy atom. The van der Waals surface area contributed by atoms with E-state index in [1.54, 1.807) is 29.2 Å². The lowest BCUT2D eigenvalue weighted by molar-refractivity contribution is 0.687. The molecular formula is C17H14Cl3N5S. The number of hydrogen-bond acceptors (Lipinski definition) is 3. The summed E-state index contributed by atoms with van der Waals surface area (Å²) in [5.74, 6) is 0.366. The van der Waals surface area contributed by atoms with E-state index in [9.17, 15) is 0 Å². The number of halogens is 3. The second-order valence-electron chi connectivity index (χ2n) is 5.46. The minimum atomic E-state index is 0.365. The molecule has 0 saturated heterocycles. The van der Waals surface area contributed by atoms with Crippen LogP contribution in [0.3, 0.4) is 0 Å². The highest BCUT2D eigenvalue weighted by Gasteiger charge is 2.10. The van der Waals surface area contributed by atoms with Crippen LogP contribution >= 0.6 is 47.0 Å². The van der Waals surface area contributed by atoms with Gasteiger partial charge in [-0.1, -0.05) is 46.9 Å². The molecule has 0 fully saturated rings. The normalized spacial score (nSPS) is 10.6. The predicted octanol–water partition coefficient (Wildman–Crippen LogP) is 5.40. The first-order chi connectivity index (χ1) is 12.4. The third kappa shape index (κ3) is 4.45. The van der Waals surface area contributed by atoms with E-state index in [4.69, 9.17) is 47.0 Å². The Balaban J connectivity index is 1.67. The fourth-order valence-electron chi connectivity index (χ4n) is 2.27. The topological polar surface area (TPSA) is 54.8 Å². The molecule has 0 aliphatic carbocycles. The van der Waals surface area contributed by atoms with Gasteiger partial charge in [0.05, 0.1) is 6.54 Å². The van der Waals surface area contributed by atoms with Gasteiger partial charge in [0.2, 0.25) is 5.95 Å². The zero-order valence-electron chi connectivity index (χ0n) is 13.6. The summed E-state index contributed by atoms with van der Waals surface area (Å²) in [5, 5.41) is 12.5. The molecule has 134 valence electrons. The highest BCUT2D eigenvalue weighted by atomic mass is 35.5. The van der Waals surface area contributed by atoms with Gasteiger partial charge >= 0.3 is 0 Å². The molecule has 0 spiro atoms. The number of benzene rings is 2. The van der Waals surface area contributed by atoms with Crippen LogP contribution in [-0.4, -0.2) is 19.9 Å². The Labute approximate surface area is 171 Å². The van der Waals surface area contributed by atoms with Gasteiger partial charge < -0.3 is 5.32 Å².